The molecular weight excluding hydrogens is 608 g/mol. The van der Waals surface area contributed by atoms with Crippen molar-refractivity contribution >= 4 is 11.9 Å². The zero-order valence-corrected chi connectivity index (χ0v) is 31.1. The van der Waals surface area contributed by atoms with E-state index in [4.69, 9.17) is 9.47 Å². The number of esters is 2. The molecule has 48 heavy (non-hydrogen) atoms. The largest absolute Gasteiger partial charge is 0.462 e. The van der Waals surface area contributed by atoms with E-state index in [-0.39, 0.29) is 41.2 Å². The molecule has 5 aliphatic carbocycles. The summed E-state index contributed by atoms with van der Waals surface area (Å²) in [4.78, 5) is 25.4. The Bertz CT molecular complexity index is 1390. The van der Waals surface area contributed by atoms with Crippen molar-refractivity contribution in [1.82, 2.24) is 0 Å². The molecule has 4 saturated carbocycles. The van der Waals surface area contributed by atoms with Crippen LogP contribution < -0.4 is 0 Å². The number of rotatable bonds is 6. The van der Waals surface area contributed by atoms with Gasteiger partial charge in [0.05, 0.1) is 30.8 Å². The fourth-order valence-corrected chi connectivity index (χ4v) is 12.0. The van der Waals surface area contributed by atoms with Gasteiger partial charge in [0.1, 0.15) is 12.2 Å². The maximum absolute atomic E-state index is 12.8. The summed E-state index contributed by atoms with van der Waals surface area (Å²) < 4.78 is 11.7. The van der Waals surface area contributed by atoms with Crippen LogP contribution in [0, 0.1) is 50.2 Å². The first-order valence-corrected chi connectivity index (χ1v) is 18.2. The minimum Gasteiger partial charge on any atom is -0.462 e. The zero-order valence-electron chi connectivity index (χ0n) is 31.1. The standard InChI is InChI=1S/C40H62O8/c1-23(2)17-31(44)47-22-37(8)27-13-16-38(9)28(36(27,7)15-14-29(37)42)12-11-25-26-19-35(5,6)34(48-32(45)18-24(3)4)33(46)40(26,21-41)30(43)20-39(25,38)10/h11,17-18,26-30,33-34,41-43,46H,12-16,19-22H2,1-10H3/t26?,27?,28?,29-,30+,33-,34-,36-,37+,38+,39+,40-/m0/s1. The van der Waals surface area contributed by atoms with Crippen molar-refractivity contribution in [2.45, 2.75) is 139 Å². The Labute approximate surface area is 288 Å². The van der Waals surface area contributed by atoms with Crippen molar-refractivity contribution in [3.63, 3.8) is 0 Å². The highest BCUT2D eigenvalue weighted by atomic mass is 16.6. The summed E-state index contributed by atoms with van der Waals surface area (Å²) in [6.45, 7) is 20.3. The molecule has 0 heterocycles. The lowest BCUT2D eigenvalue weighted by Crippen LogP contribution is -2.72. The molecule has 270 valence electrons. The Morgan fingerprint density at radius 2 is 1.48 bits per heavy atom. The van der Waals surface area contributed by atoms with Crippen LogP contribution in [0.1, 0.15) is 114 Å². The van der Waals surface area contributed by atoms with E-state index in [1.807, 2.05) is 41.5 Å². The first-order valence-electron chi connectivity index (χ1n) is 18.2. The fraction of sp³-hybridized carbons (Fsp3) is 0.800. The van der Waals surface area contributed by atoms with Crippen molar-refractivity contribution in [2.75, 3.05) is 13.2 Å². The molecule has 12 atom stereocenters. The van der Waals surface area contributed by atoms with Gasteiger partial charge in [0.2, 0.25) is 0 Å². The number of allylic oxidation sites excluding steroid dienone is 4. The van der Waals surface area contributed by atoms with Crippen LogP contribution in [0.2, 0.25) is 0 Å². The lowest BCUT2D eigenvalue weighted by atomic mass is 9.33. The van der Waals surface area contributed by atoms with Gasteiger partial charge < -0.3 is 29.9 Å². The summed E-state index contributed by atoms with van der Waals surface area (Å²) >= 11 is 0. The molecule has 8 heteroatoms. The van der Waals surface area contributed by atoms with Gasteiger partial charge in [-0.05, 0) is 107 Å². The van der Waals surface area contributed by atoms with Gasteiger partial charge in [0.25, 0.3) is 0 Å². The average Bonchev–Trinajstić information content (AvgIpc) is 2.96. The molecule has 0 aromatic carbocycles. The lowest BCUT2D eigenvalue weighted by molar-refractivity contribution is -0.262. The van der Waals surface area contributed by atoms with Crippen LogP contribution >= 0.6 is 0 Å². The average molecular weight is 671 g/mol. The quantitative estimate of drug-likeness (QED) is 0.152. The molecule has 0 bridgehead atoms. The minimum atomic E-state index is -1.26. The Morgan fingerprint density at radius 1 is 0.854 bits per heavy atom. The molecule has 0 amide bonds. The van der Waals surface area contributed by atoms with E-state index < -0.39 is 58.7 Å². The summed E-state index contributed by atoms with van der Waals surface area (Å²) in [5.74, 6) is -0.796. The number of carbonyl (C=O) groups excluding carboxylic acids is 2. The monoisotopic (exact) mass is 670 g/mol. The van der Waals surface area contributed by atoms with Crippen LogP contribution in [0.3, 0.4) is 0 Å². The van der Waals surface area contributed by atoms with Crippen molar-refractivity contribution in [3.8, 4) is 0 Å². The Kier molecular flexibility index (Phi) is 9.58. The number of aliphatic hydroxyl groups excluding tert-OH is 4. The molecule has 0 aromatic rings. The van der Waals surface area contributed by atoms with Gasteiger partial charge in [-0.3, -0.25) is 0 Å². The normalized spacial score (nSPS) is 46.0. The number of ether oxygens (including phenoxy) is 2. The molecule has 0 aliphatic heterocycles. The van der Waals surface area contributed by atoms with E-state index in [0.29, 0.717) is 19.3 Å². The fourth-order valence-electron chi connectivity index (χ4n) is 12.0. The Balaban J connectivity index is 1.52. The molecule has 3 unspecified atom stereocenters. The number of aliphatic hydroxyl groups is 4. The number of carbonyl (C=O) groups is 2. The van der Waals surface area contributed by atoms with Gasteiger partial charge in [0, 0.05) is 23.0 Å². The van der Waals surface area contributed by atoms with Gasteiger partial charge in [0.15, 0.2) is 0 Å². The van der Waals surface area contributed by atoms with Gasteiger partial charge in [-0.2, -0.15) is 0 Å². The predicted octanol–water partition coefficient (Wildman–Crippen LogP) is 6.06. The molecular formula is C40H62O8. The topological polar surface area (TPSA) is 134 Å². The Morgan fingerprint density at radius 3 is 2.08 bits per heavy atom. The van der Waals surface area contributed by atoms with Crippen LogP contribution in [0.4, 0.5) is 0 Å². The summed E-state index contributed by atoms with van der Waals surface area (Å²) in [5.41, 5.74) is -0.327. The van der Waals surface area contributed by atoms with Crippen molar-refractivity contribution in [3.05, 3.63) is 34.9 Å². The molecule has 5 rings (SSSR count). The highest BCUT2D eigenvalue weighted by Gasteiger charge is 2.73. The van der Waals surface area contributed by atoms with Crippen LogP contribution in [-0.2, 0) is 19.1 Å². The molecule has 5 aliphatic rings. The van der Waals surface area contributed by atoms with Crippen LogP contribution in [-0.4, -0.2) is 70.0 Å². The molecule has 0 spiro atoms. The Hall–Kier alpha value is -2.00. The highest BCUT2D eigenvalue weighted by Crippen LogP contribution is 2.75. The van der Waals surface area contributed by atoms with Gasteiger partial charge >= 0.3 is 11.9 Å². The van der Waals surface area contributed by atoms with Crippen LogP contribution in [0.25, 0.3) is 0 Å². The van der Waals surface area contributed by atoms with Gasteiger partial charge in [-0.1, -0.05) is 64.3 Å². The van der Waals surface area contributed by atoms with E-state index in [2.05, 4.69) is 33.8 Å². The lowest BCUT2D eigenvalue weighted by Gasteiger charge is -2.72. The third-order valence-electron chi connectivity index (χ3n) is 14.7. The predicted molar refractivity (Wildman–Crippen MR) is 184 cm³/mol. The SMILES string of the molecule is CC(C)=CC(=O)OC[C@]1(C)C2CC[C@]3(C)C(CC=C4C5CC(C)(C)[C@@H](OC(=O)C=C(C)C)[C@H](O)[C@]5(CO)[C@H](O)C[C@]43C)[C@@]2(C)CC[C@@H]1O. The van der Waals surface area contributed by atoms with E-state index in [1.54, 1.807) is 0 Å². The number of fused-ring (bicyclic) bond motifs is 7. The number of hydrogen-bond acceptors (Lipinski definition) is 8. The summed E-state index contributed by atoms with van der Waals surface area (Å²) in [6, 6.07) is 0. The smallest absolute Gasteiger partial charge is 0.331 e. The van der Waals surface area contributed by atoms with Gasteiger partial charge in [-0.25, -0.2) is 9.59 Å². The summed E-state index contributed by atoms with van der Waals surface area (Å²) in [7, 11) is 0. The molecule has 0 aromatic heterocycles. The molecule has 4 fully saturated rings. The van der Waals surface area contributed by atoms with Crippen LogP contribution in [0.5, 0.6) is 0 Å². The molecule has 8 nitrogen and oxygen atoms in total. The van der Waals surface area contributed by atoms with E-state index in [1.165, 1.54) is 17.7 Å². The second-order valence-corrected chi connectivity index (χ2v) is 18.4. The second kappa shape index (κ2) is 12.3. The first-order chi connectivity index (χ1) is 22.1. The number of hydrogen-bond donors (Lipinski definition) is 4. The molecule has 0 saturated heterocycles. The van der Waals surface area contributed by atoms with Crippen molar-refractivity contribution < 1.29 is 39.5 Å². The summed E-state index contributed by atoms with van der Waals surface area (Å²) in [6.07, 6.45) is 6.56. The maximum Gasteiger partial charge on any atom is 0.331 e. The minimum absolute atomic E-state index is 0.138. The van der Waals surface area contributed by atoms with E-state index in [9.17, 15) is 30.0 Å². The third kappa shape index (κ3) is 5.38. The second-order valence-electron chi connectivity index (χ2n) is 18.4. The highest BCUT2D eigenvalue weighted by molar-refractivity contribution is 5.83. The van der Waals surface area contributed by atoms with E-state index in [0.717, 1.165) is 36.8 Å². The summed E-state index contributed by atoms with van der Waals surface area (Å²) in [5, 5.41) is 46.9. The van der Waals surface area contributed by atoms with E-state index >= 15 is 0 Å². The van der Waals surface area contributed by atoms with Crippen molar-refractivity contribution in [2.24, 2.45) is 50.2 Å². The first kappa shape index (κ1) is 37.3. The van der Waals surface area contributed by atoms with Crippen molar-refractivity contribution in [1.29, 1.82) is 0 Å². The maximum atomic E-state index is 12.8. The third-order valence-corrected chi connectivity index (χ3v) is 14.7. The van der Waals surface area contributed by atoms with Gasteiger partial charge in [-0.15, -0.1) is 0 Å². The zero-order chi connectivity index (χ0) is 35.8. The molecule has 0 radical (unpaired) electrons. The molecule has 4 N–H and O–H groups in total. The van der Waals surface area contributed by atoms with Crippen LogP contribution in [0.15, 0.2) is 34.9 Å².